The predicted molar refractivity (Wildman–Crippen MR) is 75.6 cm³/mol. The van der Waals surface area contributed by atoms with Gasteiger partial charge in [-0.25, -0.2) is 17.9 Å². The molecule has 0 saturated heterocycles. The number of anilines is 1. The second kappa shape index (κ2) is 5.86. The Morgan fingerprint density at radius 3 is 2.89 bits per heavy atom. The standard InChI is InChI=1S/C10H14ClN3O3S2/c11-7-4-8-9(5-10(7)19(12,16)17)18-14(6-13-8)2-1-3-15/h4-5,13,15H,1-3,6H2,(H2,12,16,17). The maximum atomic E-state index is 11.4. The number of aliphatic hydroxyl groups excluding tert-OH is 1. The van der Waals surface area contributed by atoms with E-state index < -0.39 is 10.0 Å². The van der Waals surface area contributed by atoms with E-state index in [9.17, 15) is 8.42 Å². The molecule has 0 saturated carbocycles. The van der Waals surface area contributed by atoms with Crippen LogP contribution in [0.4, 0.5) is 5.69 Å². The Labute approximate surface area is 121 Å². The summed E-state index contributed by atoms with van der Waals surface area (Å²) in [4.78, 5) is 0.670. The van der Waals surface area contributed by atoms with Crippen molar-refractivity contribution in [3.8, 4) is 0 Å². The molecule has 0 amide bonds. The number of sulfonamides is 1. The molecule has 19 heavy (non-hydrogen) atoms. The molecule has 9 heteroatoms. The summed E-state index contributed by atoms with van der Waals surface area (Å²) in [7, 11) is -3.83. The van der Waals surface area contributed by atoms with Crippen LogP contribution in [0.25, 0.3) is 0 Å². The summed E-state index contributed by atoms with van der Waals surface area (Å²) < 4.78 is 24.8. The molecule has 0 radical (unpaired) electrons. The van der Waals surface area contributed by atoms with Crippen LogP contribution in [0.2, 0.25) is 5.02 Å². The normalized spacial score (nSPS) is 15.9. The zero-order chi connectivity index (χ0) is 14.0. The van der Waals surface area contributed by atoms with Crippen LogP contribution < -0.4 is 10.5 Å². The zero-order valence-electron chi connectivity index (χ0n) is 9.97. The molecule has 2 rings (SSSR count). The number of nitrogens with two attached hydrogens (primary N) is 1. The van der Waals surface area contributed by atoms with E-state index in [1.165, 1.54) is 18.0 Å². The Kier molecular flexibility index (Phi) is 4.59. The predicted octanol–water partition coefficient (Wildman–Crippen LogP) is 1.06. The highest BCUT2D eigenvalue weighted by molar-refractivity contribution is 7.97. The van der Waals surface area contributed by atoms with Crippen molar-refractivity contribution in [3.63, 3.8) is 0 Å². The monoisotopic (exact) mass is 323 g/mol. The van der Waals surface area contributed by atoms with Crippen molar-refractivity contribution in [1.29, 1.82) is 0 Å². The summed E-state index contributed by atoms with van der Waals surface area (Å²) in [5, 5.41) is 17.2. The van der Waals surface area contributed by atoms with Gasteiger partial charge in [0.2, 0.25) is 10.0 Å². The molecule has 0 spiro atoms. The van der Waals surface area contributed by atoms with E-state index in [0.717, 1.165) is 10.6 Å². The van der Waals surface area contributed by atoms with E-state index in [-0.39, 0.29) is 16.5 Å². The second-order valence-corrected chi connectivity index (χ2v) is 7.11. The Balaban J connectivity index is 2.28. The molecule has 1 aliphatic heterocycles. The molecule has 0 aromatic heterocycles. The summed E-state index contributed by atoms with van der Waals surface area (Å²) in [6.07, 6.45) is 0.652. The lowest BCUT2D eigenvalue weighted by molar-refractivity contribution is 0.275. The van der Waals surface area contributed by atoms with Gasteiger partial charge in [0.25, 0.3) is 0 Å². The van der Waals surface area contributed by atoms with E-state index in [0.29, 0.717) is 19.6 Å². The van der Waals surface area contributed by atoms with Crippen molar-refractivity contribution in [2.75, 3.05) is 25.1 Å². The first-order valence-electron chi connectivity index (χ1n) is 5.56. The van der Waals surface area contributed by atoms with Crippen LogP contribution in [0.15, 0.2) is 21.9 Å². The Hall–Kier alpha value is -0.510. The van der Waals surface area contributed by atoms with Crippen molar-refractivity contribution in [2.45, 2.75) is 16.2 Å². The minimum Gasteiger partial charge on any atom is -0.396 e. The van der Waals surface area contributed by atoms with E-state index in [4.69, 9.17) is 21.8 Å². The molecule has 0 unspecified atom stereocenters. The molecular formula is C10H14ClN3O3S2. The molecule has 0 bridgehead atoms. The molecule has 4 N–H and O–H groups in total. The second-order valence-electron chi connectivity index (χ2n) is 4.03. The van der Waals surface area contributed by atoms with Crippen LogP contribution in [0.5, 0.6) is 0 Å². The van der Waals surface area contributed by atoms with Gasteiger partial charge < -0.3 is 10.4 Å². The zero-order valence-corrected chi connectivity index (χ0v) is 12.4. The number of halogens is 1. The van der Waals surface area contributed by atoms with Crippen LogP contribution >= 0.6 is 23.5 Å². The molecule has 6 nitrogen and oxygen atoms in total. The molecule has 0 aliphatic carbocycles. The largest absolute Gasteiger partial charge is 0.396 e. The first-order valence-corrected chi connectivity index (χ1v) is 8.25. The number of nitrogens with zero attached hydrogens (tertiary/aromatic N) is 1. The van der Waals surface area contributed by atoms with E-state index in [1.807, 2.05) is 4.31 Å². The fourth-order valence-corrected chi connectivity index (χ4v) is 3.88. The summed E-state index contributed by atoms with van der Waals surface area (Å²) in [5.74, 6) is 0. The van der Waals surface area contributed by atoms with Gasteiger partial charge in [-0.2, -0.15) is 0 Å². The topological polar surface area (TPSA) is 95.7 Å². The van der Waals surface area contributed by atoms with Gasteiger partial charge in [-0.1, -0.05) is 11.6 Å². The van der Waals surface area contributed by atoms with E-state index >= 15 is 0 Å². The number of aliphatic hydroxyl groups is 1. The van der Waals surface area contributed by atoms with Crippen molar-refractivity contribution >= 4 is 39.3 Å². The summed E-state index contributed by atoms with van der Waals surface area (Å²) in [6.45, 7) is 1.41. The molecule has 1 aliphatic rings. The van der Waals surface area contributed by atoms with Crippen LogP contribution in [0.1, 0.15) is 6.42 Å². The number of hydrogen-bond donors (Lipinski definition) is 3. The summed E-state index contributed by atoms with van der Waals surface area (Å²) in [5.41, 5.74) is 0.780. The number of hydrogen-bond acceptors (Lipinski definition) is 6. The van der Waals surface area contributed by atoms with Crippen molar-refractivity contribution in [1.82, 2.24) is 4.31 Å². The Morgan fingerprint density at radius 2 is 2.26 bits per heavy atom. The minimum atomic E-state index is -3.83. The fourth-order valence-electron chi connectivity index (χ4n) is 1.68. The number of rotatable bonds is 4. The maximum absolute atomic E-state index is 11.4. The van der Waals surface area contributed by atoms with Crippen LogP contribution in [0, 0.1) is 0 Å². The molecule has 1 heterocycles. The van der Waals surface area contributed by atoms with E-state index in [2.05, 4.69) is 5.32 Å². The summed E-state index contributed by atoms with van der Waals surface area (Å²) >= 11 is 7.33. The van der Waals surface area contributed by atoms with Gasteiger partial charge in [0.15, 0.2) is 0 Å². The van der Waals surface area contributed by atoms with Crippen LogP contribution in [0.3, 0.4) is 0 Å². The lowest BCUT2D eigenvalue weighted by atomic mass is 10.3. The van der Waals surface area contributed by atoms with Gasteiger partial charge in [0, 0.05) is 18.0 Å². The molecule has 1 aromatic carbocycles. The SMILES string of the molecule is NS(=O)(=O)c1cc2c(cc1Cl)NCN(CCCO)S2. The van der Waals surface area contributed by atoms with Crippen molar-refractivity contribution < 1.29 is 13.5 Å². The highest BCUT2D eigenvalue weighted by Gasteiger charge is 2.22. The van der Waals surface area contributed by atoms with Crippen molar-refractivity contribution in [2.24, 2.45) is 5.14 Å². The molecule has 1 aromatic rings. The highest BCUT2D eigenvalue weighted by atomic mass is 35.5. The van der Waals surface area contributed by atoms with Gasteiger partial charge in [-0.3, -0.25) is 0 Å². The van der Waals surface area contributed by atoms with Gasteiger partial charge in [-0.05, 0) is 30.5 Å². The average molecular weight is 324 g/mol. The Bertz CT molecular complexity index is 580. The quantitative estimate of drug-likeness (QED) is 0.717. The van der Waals surface area contributed by atoms with Gasteiger partial charge in [0.05, 0.1) is 17.4 Å². The highest BCUT2D eigenvalue weighted by Crippen LogP contribution is 2.38. The van der Waals surface area contributed by atoms with Crippen LogP contribution in [-0.2, 0) is 10.0 Å². The number of nitrogens with one attached hydrogen (secondary N) is 1. The lowest BCUT2D eigenvalue weighted by Gasteiger charge is -2.28. The fraction of sp³-hybridized carbons (Fsp3) is 0.400. The van der Waals surface area contributed by atoms with E-state index in [1.54, 1.807) is 6.07 Å². The maximum Gasteiger partial charge on any atom is 0.239 e. The van der Waals surface area contributed by atoms with Gasteiger partial charge >= 0.3 is 0 Å². The van der Waals surface area contributed by atoms with Gasteiger partial charge in [-0.15, -0.1) is 0 Å². The molecule has 106 valence electrons. The number of primary sulfonamides is 1. The average Bonchev–Trinajstić information content (AvgIpc) is 2.34. The first kappa shape index (κ1) is 14.9. The smallest absolute Gasteiger partial charge is 0.239 e. The first-order chi connectivity index (χ1) is 8.91. The van der Waals surface area contributed by atoms with Crippen molar-refractivity contribution in [3.05, 3.63) is 17.2 Å². The molecule has 0 atom stereocenters. The molecule has 0 fully saturated rings. The number of fused-ring (bicyclic) bond motifs is 1. The van der Waals surface area contributed by atoms with Gasteiger partial charge in [0.1, 0.15) is 4.90 Å². The third kappa shape index (κ3) is 3.53. The third-order valence-corrected chi connectivity index (χ3v) is 5.06. The number of benzene rings is 1. The summed E-state index contributed by atoms with van der Waals surface area (Å²) in [6, 6.07) is 3.03. The van der Waals surface area contributed by atoms with Crippen LogP contribution in [-0.4, -0.2) is 37.6 Å². The molecular weight excluding hydrogens is 310 g/mol. The lowest BCUT2D eigenvalue weighted by Crippen LogP contribution is -2.28. The Morgan fingerprint density at radius 1 is 1.53 bits per heavy atom. The third-order valence-electron chi connectivity index (χ3n) is 2.58. The minimum absolute atomic E-state index is 0.0776.